The monoisotopic (exact) mass is 332 g/mol. The third-order valence-electron chi connectivity index (χ3n) is 5.31. The molecule has 6 nitrogen and oxygen atoms in total. The van der Waals surface area contributed by atoms with Crippen LogP contribution in [0.25, 0.3) is 11.0 Å². The quantitative estimate of drug-likeness (QED) is 0.718. The number of aryl methyl sites for hydroxylation is 1. The molecule has 2 unspecified atom stereocenters. The minimum absolute atomic E-state index is 0.636. The fraction of sp³-hybridized carbons (Fsp3) is 0.368. The van der Waals surface area contributed by atoms with Gasteiger partial charge in [0.05, 0.1) is 17.2 Å². The molecule has 2 aliphatic heterocycles. The average Bonchev–Trinajstić information content (AvgIpc) is 3.20. The van der Waals surface area contributed by atoms with Crippen molar-refractivity contribution in [2.45, 2.75) is 6.92 Å². The lowest BCUT2D eigenvalue weighted by Gasteiger charge is -2.22. The summed E-state index contributed by atoms with van der Waals surface area (Å²) in [7, 11) is 0. The van der Waals surface area contributed by atoms with Crippen molar-refractivity contribution in [3.63, 3.8) is 0 Å². The van der Waals surface area contributed by atoms with Crippen LogP contribution in [0.1, 0.15) is 5.69 Å². The van der Waals surface area contributed by atoms with Crippen LogP contribution in [-0.2, 0) is 0 Å². The van der Waals surface area contributed by atoms with Gasteiger partial charge in [0.1, 0.15) is 5.82 Å². The van der Waals surface area contributed by atoms with E-state index in [9.17, 15) is 0 Å². The largest absolute Gasteiger partial charge is 0.355 e. The highest BCUT2D eigenvalue weighted by Gasteiger charge is 2.41. The smallest absolute Gasteiger partial charge is 0.225 e. The number of rotatable bonds is 2. The summed E-state index contributed by atoms with van der Waals surface area (Å²) < 4.78 is 0. The van der Waals surface area contributed by atoms with Crippen molar-refractivity contribution in [1.29, 1.82) is 0 Å². The molecule has 0 N–H and O–H groups in total. The normalized spacial score (nSPS) is 22.6. The van der Waals surface area contributed by atoms with Crippen LogP contribution < -0.4 is 9.80 Å². The summed E-state index contributed by atoms with van der Waals surface area (Å²) in [6, 6.07) is 9.99. The first-order valence-corrected chi connectivity index (χ1v) is 8.77. The second kappa shape index (κ2) is 5.65. The first-order valence-electron chi connectivity index (χ1n) is 8.77. The van der Waals surface area contributed by atoms with Crippen LogP contribution in [0.2, 0.25) is 0 Å². The first-order chi connectivity index (χ1) is 12.3. The Morgan fingerprint density at radius 1 is 0.840 bits per heavy atom. The van der Waals surface area contributed by atoms with E-state index in [0.29, 0.717) is 11.8 Å². The summed E-state index contributed by atoms with van der Waals surface area (Å²) in [5.41, 5.74) is 2.94. The van der Waals surface area contributed by atoms with Crippen molar-refractivity contribution < 1.29 is 0 Å². The van der Waals surface area contributed by atoms with Gasteiger partial charge < -0.3 is 9.80 Å². The molecule has 0 saturated carbocycles. The Morgan fingerprint density at radius 3 is 2.32 bits per heavy atom. The van der Waals surface area contributed by atoms with Crippen molar-refractivity contribution in [2.24, 2.45) is 11.8 Å². The molecule has 2 fully saturated rings. The number of hydrogen-bond acceptors (Lipinski definition) is 6. The minimum atomic E-state index is 0.636. The Labute approximate surface area is 146 Å². The lowest BCUT2D eigenvalue weighted by Crippen LogP contribution is -2.30. The van der Waals surface area contributed by atoms with Crippen molar-refractivity contribution in [3.05, 3.63) is 48.4 Å². The maximum atomic E-state index is 4.80. The van der Waals surface area contributed by atoms with Gasteiger partial charge in [-0.05, 0) is 25.1 Å². The van der Waals surface area contributed by atoms with Crippen LogP contribution in [0, 0.1) is 18.8 Å². The van der Waals surface area contributed by atoms with Gasteiger partial charge in [-0.3, -0.25) is 4.98 Å². The van der Waals surface area contributed by atoms with E-state index in [4.69, 9.17) is 4.98 Å². The third-order valence-corrected chi connectivity index (χ3v) is 5.31. The number of aromatic nitrogens is 4. The van der Waals surface area contributed by atoms with E-state index in [2.05, 4.69) is 24.8 Å². The van der Waals surface area contributed by atoms with Crippen molar-refractivity contribution in [3.8, 4) is 0 Å². The van der Waals surface area contributed by atoms with Gasteiger partial charge in [0.25, 0.3) is 0 Å². The van der Waals surface area contributed by atoms with Gasteiger partial charge in [-0.25, -0.2) is 15.0 Å². The summed E-state index contributed by atoms with van der Waals surface area (Å²) in [4.78, 5) is 23.1. The number of nitrogens with zero attached hydrogens (tertiary/aromatic N) is 6. The molecule has 0 aliphatic carbocycles. The van der Waals surface area contributed by atoms with Crippen LogP contribution in [0.4, 0.5) is 11.8 Å². The van der Waals surface area contributed by atoms with E-state index >= 15 is 0 Å². The van der Waals surface area contributed by atoms with Gasteiger partial charge >= 0.3 is 0 Å². The van der Waals surface area contributed by atoms with Crippen LogP contribution in [0.3, 0.4) is 0 Å². The van der Waals surface area contributed by atoms with Crippen molar-refractivity contribution in [2.75, 3.05) is 36.0 Å². The molecule has 4 heterocycles. The average molecular weight is 332 g/mol. The van der Waals surface area contributed by atoms with Gasteiger partial charge in [0.2, 0.25) is 5.95 Å². The van der Waals surface area contributed by atoms with Gasteiger partial charge in [0.15, 0.2) is 0 Å². The predicted molar refractivity (Wildman–Crippen MR) is 97.7 cm³/mol. The summed E-state index contributed by atoms with van der Waals surface area (Å²) in [6.07, 6.45) is 3.76. The van der Waals surface area contributed by atoms with Gasteiger partial charge in [-0.2, -0.15) is 0 Å². The second-order valence-corrected chi connectivity index (χ2v) is 7.05. The van der Waals surface area contributed by atoms with Gasteiger partial charge in [-0.1, -0.05) is 12.1 Å². The van der Waals surface area contributed by atoms with E-state index in [1.54, 1.807) is 0 Å². The fourth-order valence-corrected chi connectivity index (χ4v) is 4.03. The SMILES string of the molecule is Cc1ccnc(N2CC3CN(c4cnc5ccccc5n4)CC3C2)n1. The van der Waals surface area contributed by atoms with E-state index in [1.807, 2.05) is 49.6 Å². The maximum Gasteiger partial charge on any atom is 0.225 e. The lowest BCUT2D eigenvalue weighted by atomic mass is 10.0. The van der Waals surface area contributed by atoms with Crippen LogP contribution in [0.5, 0.6) is 0 Å². The second-order valence-electron chi connectivity index (χ2n) is 7.05. The first kappa shape index (κ1) is 14.6. The van der Waals surface area contributed by atoms with E-state index in [1.165, 1.54) is 0 Å². The third kappa shape index (κ3) is 2.58. The molecule has 0 radical (unpaired) electrons. The van der Waals surface area contributed by atoms with E-state index < -0.39 is 0 Å². The number of benzene rings is 1. The molecule has 25 heavy (non-hydrogen) atoms. The summed E-state index contributed by atoms with van der Waals surface area (Å²) in [5, 5.41) is 0. The highest BCUT2D eigenvalue weighted by Crippen LogP contribution is 2.34. The molecule has 126 valence electrons. The van der Waals surface area contributed by atoms with Gasteiger partial charge in [0, 0.05) is 49.9 Å². The Hall–Kier alpha value is -2.76. The zero-order valence-corrected chi connectivity index (χ0v) is 14.2. The molecule has 3 aromatic rings. The number of hydrogen-bond donors (Lipinski definition) is 0. The topological polar surface area (TPSA) is 58.0 Å². The highest BCUT2D eigenvalue weighted by atomic mass is 15.3. The fourth-order valence-electron chi connectivity index (χ4n) is 4.03. The maximum absolute atomic E-state index is 4.80. The van der Waals surface area contributed by atoms with Crippen LogP contribution >= 0.6 is 0 Å². The molecule has 2 aromatic heterocycles. The molecule has 0 bridgehead atoms. The van der Waals surface area contributed by atoms with Crippen molar-refractivity contribution in [1.82, 2.24) is 19.9 Å². The molecule has 2 saturated heterocycles. The van der Waals surface area contributed by atoms with E-state index in [-0.39, 0.29) is 0 Å². The Bertz CT molecular complexity index is 912. The number of fused-ring (bicyclic) bond motifs is 2. The van der Waals surface area contributed by atoms with Crippen LogP contribution in [-0.4, -0.2) is 46.1 Å². The van der Waals surface area contributed by atoms with Crippen LogP contribution in [0.15, 0.2) is 42.7 Å². The predicted octanol–water partition coefficient (Wildman–Crippen LogP) is 2.30. The molecule has 2 atom stereocenters. The minimum Gasteiger partial charge on any atom is -0.355 e. The summed E-state index contributed by atoms with van der Waals surface area (Å²) in [5.74, 6) is 3.13. The molecule has 1 aromatic carbocycles. The zero-order valence-electron chi connectivity index (χ0n) is 14.2. The molecule has 6 heteroatoms. The Morgan fingerprint density at radius 2 is 1.56 bits per heavy atom. The molecule has 0 spiro atoms. The molecule has 0 amide bonds. The summed E-state index contributed by atoms with van der Waals surface area (Å²) >= 11 is 0. The van der Waals surface area contributed by atoms with Crippen molar-refractivity contribution >= 4 is 22.8 Å². The lowest BCUT2D eigenvalue weighted by molar-refractivity contribution is 0.533. The molecular weight excluding hydrogens is 312 g/mol. The number of anilines is 2. The number of para-hydroxylation sites is 2. The molecule has 2 aliphatic rings. The standard InChI is InChI=1S/C19H20N6/c1-13-6-7-20-19(22-13)25-11-14-9-24(10-15(14)12-25)18-8-21-16-4-2-3-5-17(16)23-18/h2-8,14-15H,9-12H2,1H3. The van der Waals surface area contributed by atoms with E-state index in [0.717, 1.165) is 54.7 Å². The molecule has 5 rings (SSSR count). The summed E-state index contributed by atoms with van der Waals surface area (Å²) in [6.45, 7) is 6.11. The zero-order chi connectivity index (χ0) is 16.8. The highest BCUT2D eigenvalue weighted by molar-refractivity contribution is 5.75. The Balaban J connectivity index is 1.33. The molecular formula is C19H20N6. The van der Waals surface area contributed by atoms with Gasteiger partial charge in [-0.15, -0.1) is 0 Å². The Kier molecular flexibility index (Phi) is 3.29.